The number of ether oxygens (including phenoxy) is 3. The molecule has 1 N–H and O–H groups in total. The molecule has 2 aromatic carbocycles. The van der Waals surface area contributed by atoms with Crippen molar-refractivity contribution in [3.8, 4) is 23.0 Å². The zero-order valence-corrected chi connectivity index (χ0v) is 16.0. The van der Waals surface area contributed by atoms with Gasteiger partial charge in [-0.05, 0) is 56.2 Å². The van der Waals surface area contributed by atoms with Gasteiger partial charge in [0.1, 0.15) is 23.0 Å². The Bertz CT molecular complexity index is 793. The molecule has 0 unspecified atom stereocenters. The van der Waals surface area contributed by atoms with Crippen molar-refractivity contribution < 1.29 is 19.3 Å². The molecule has 2 rings (SSSR count). The monoisotopic (exact) mass is 354 g/mol. The van der Waals surface area contributed by atoms with E-state index in [0.29, 0.717) is 12.2 Å². The summed E-state index contributed by atoms with van der Waals surface area (Å²) in [6, 6.07) is 9.27. The average Bonchev–Trinajstić information content (AvgIpc) is 2.64. The maximum atomic E-state index is 10.4. The van der Waals surface area contributed by atoms with E-state index in [1.807, 2.05) is 50.3 Å². The fourth-order valence-electron chi connectivity index (χ4n) is 2.66. The number of benzene rings is 2. The Morgan fingerprint density at radius 3 is 2.08 bits per heavy atom. The van der Waals surface area contributed by atoms with Crippen molar-refractivity contribution in [3.05, 3.63) is 58.7 Å². The Balaban J connectivity index is 2.41. The van der Waals surface area contributed by atoms with E-state index >= 15 is 0 Å². The van der Waals surface area contributed by atoms with Crippen LogP contribution in [0.15, 0.2) is 42.0 Å². The van der Waals surface area contributed by atoms with Gasteiger partial charge in [-0.15, -0.1) is 0 Å². The molecule has 4 nitrogen and oxygen atoms in total. The fraction of sp³-hybridized carbons (Fsp3) is 0.273. The first-order chi connectivity index (χ1) is 12.5. The summed E-state index contributed by atoms with van der Waals surface area (Å²) in [5, 5.41) is 10.4. The smallest absolute Gasteiger partial charge is 0.129 e. The molecule has 0 saturated heterocycles. The third-order valence-corrected chi connectivity index (χ3v) is 4.05. The standard InChI is InChI=1S/C22H26O4/c1-15(2)9-11-17-19(23)13-16(14-22(17)26-5)10-12-18-20(24-3)7-6-8-21(18)25-4/h6-10,12-14,23H,11H2,1-5H3. The van der Waals surface area contributed by atoms with Crippen LogP contribution in [0.5, 0.6) is 23.0 Å². The number of hydrogen-bond acceptors (Lipinski definition) is 4. The van der Waals surface area contributed by atoms with Crippen LogP contribution in [0, 0.1) is 0 Å². The topological polar surface area (TPSA) is 47.9 Å². The summed E-state index contributed by atoms with van der Waals surface area (Å²) in [6.45, 7) is 4.06. The third kappa shape index (κ3) is 4.60. The molecule has 0 radical (unpaired) electrons. The van der Waals surface area contributed by atoms with Gasteiger partial charge in [0.15, 0.2) is 0 Å². The van der Waals surface area contributed by atoms with Crippen LogP contribution in [0.4, 0.5) is 0 Å². The minimum Gasteiger partial charge on any atom is -0.507 e. The SMILES string of the molecule is COc1cccc(OC)c1C=Cc1cc(O)c(CC=C(C)C)c(OC)c1. The highest BCUT2D eigenvalue weighted by molar-refractivity contribution is 5.77. The van der Waals surface area contributed by atoms with Crippen LogP contribution in [0.25, 0.3) is 12.2 Å². The van der Waals surface area contributed by atoms with Gasteiger partial charge in [0, 0.05) is 5.56 Å². The fourth-order valence-corrected chi connectivity index (χ4v) is 2.66. The molecule has 138 valence electrons. The number of methoxy groups -OCH3 is 3. The Labute approximate surface area is 155 Å². The van der Waals surface area contributed by atoms with Crippen LogP contribution in [0.2, 0.25) is 0 Å². The first-order valence-corrected chi connectivity index (χ1v) is 8.42. The highest BCUT2D eigenvalue weighted by Crippen LogP contribution is 2.33. The number of hydrogen-bond donors (Lipinski definition) is 1. The summed E-state index contributed by atoms with van der Waals surface area (Å²) in [6.07, 6.45) is 6.49. The van der Waals surface area contributed by atoms with Crippen molar-refractivity contribution in [2.45, 2.75) is 20.3 Å². The largest absolute Gasteiger partial charge is 0.507 e. The second-order valence-electron chi connectivity index (χ2n) is 6.12. The molecular weight excluding hydrogens is 328 g/mol. The first-order valence-electron chi connectivity index (χ1n) is 8.42. The Kier molecular flexibility index (Phi) is 6.73. The van der Waals surface area contributed by atoms with Crippen LogP contribution in [-0.2, 0) is 6.42 Å². The molecule has 0 aliphatic rings. The first kappa shape index (κ1) is 19.4. The second-order valence-corrected chi connectivity index (χ2v) is 6.12. The molecule has 0 atom stereocenters. The van der Waals surface area contributed by atoms with E-state index < -0.39 is 0 Å². The van der Waals surface area contributed by atoms with Crippen LogP contribution >= 0.6 is 0 Å². The summed E-state index contributed by atoms with van der Waals surface area (Å²) >= 11 is 0. The van der Waals surface area contributed by atoms with Crippen LogP contribution < -0.4 is 14.2 Å². The molecule has 0 aromatic heterocycles. The van der Waals surface area contributed by atoms with Crippen molar-refractivity contribution in [1.29, 1.82) is 0 Å². The Morgan fingerprint density at radius 2 is 1.54 bits per heavy atom. The minimum atomic E-state index is 0.216. The van der Waals surface area contributed by atoms with Gasteiger partial charge in [-0.3, -0.25) is 0 Å². The number of allylic oxidation sites excluding steroid dienone is 2. The van der Waals surface area contributed by atoms with Gasteiger partial charge in [0.05, 0.1) is 26.9 Å². The van der Waals surface area contributed by atoms with E-state index in [1.54, 1.807) is 27.4 Å². The van der Waals surface area contributed by atoms with Crippen LogP contribution in [-0.4, -0.2) is 26.4 Å². The molecule has 0 spiro atoms. The normalized spacial score (nSPS) is 10.7. The van der Waals surface area contributed by atoms with Gasteiger partial charge in [-0.2, -0.15) is 0 Å². The quantitative estimate of drug-likeness (QED) is 0.555. The van der Waals surface area contributed by atoms with Crippen molar-refractivity contribution in [1.82, 2.24) is 0 Å². The predicted molar refractivity (Wildman–Crippen MR) is 106 cm³/mol. The van der Waals surface area contributed by atoms with E-state index in [0.717, 1.165) is 28.2 Å². The number of phenols is 1. The molecule has 0 heterocycles. The number of rotatable bonds is 7. The van der Waals surface area contributed by atoms with E-state index in [1.165, 1.54) is 5.57 Å². The molecule has 26 heavy (non-hydrogen) atoms. The van der Waals surface area contributed by atoms with Gasteiger partial charge in [-0.1, -0.05) is 23.8 Å². The lowest BCUT2D eigenvalue weighted by molar-refractivity contribution is 0.392. The Morgan fingerprint density at radius 1 is 0.923 bits per heavy atom. The van der Waals surface area contributed by atoms with E-state index in [-0.39, 0.29) is 5.75 Å². The zero-order valence-electron chi connectivity index (χ0n) is 16.0. The zero-order chi connectivity index (χ0) is 19.1. The lowest BCUT2D eigenvalue weighted by atomic mass is 10.0. The van der Waals surface area contributed by atoms with Crippen molar-refractivity contribution >= 4 is 12.2 Å². The van der Waals surface area contributed by atoms with Crippen LogP contribution in [0.1, 0.15) is 30.5 Å². The van der Waals surface area contributed by atoms with Crippen molar-refractivity contribution in [3.63, 3.8) is 0 Å². The highest BCUT2D eigenvalue weighted by Gasteiger charge is 2.10. The molecule has 2 aromatic rings. The molecular formula is C22H26O4. The lowest BCUT2D eigenvalue weighted by Gasteiger charge is -2.12. The molecule has 0 amide bonds. The minimum absolute atomic E-state index is 0.216. The predicted octanol–water partition coefficient (Wildman–Crippen LogP) is 5.10. The second kappa shape index (κ2) is 8.99. The van der Waals surface area contributed by atoms with Gasteiger partial charge in [-0.25, -0.2) is 0 Å². The molecule has 0 aliphatic heterocycles. The molecule has 0 aliphatic carbocycles. The summed E-state index contributed by atoms with van der Waals surface area (Å²) in [5.74, 6) is 2.32. The highest BCUT2D eigenvalue weighted by atomic mass is 16.5. The molecule has 0 bridgehead atoms. The lowest BCUT2D eigenvalue weighted by Crippen LogP contribution is -1.94. The third-order valence-electron chi connectivity index (χ3n) is 4.05. The number of phenolic OH excluding ortho intramolecular Hbond substituents is 1. The summed E-state index contributed by atoms with van der Waals surface area (Å²) in [7, 11) is 4.86. The molecule has 4 heteroatoms. The number of aromatic hydroxyl groups is 1. The van der Waals surface area contributed by atoms with E-state index in [9.17, 15) is 5.11 Å². The Hall–Kier alpha value is -2.88. The maximum absolute atomic E-state index is 10.4. The van der Waals surface area contributed by atoms with Gasteiger partial charge in [0.25, 0.3) is 0 Å². The van der Waals surface area contributed by atoms with E-state index in [2.05, 4.69) is 6.08 Å². The van der Waals surface area contributed by atoms with Gasteiger partial charge >= 0.3 is 0 Å². The van der Waals surface area contributed by atoms with Crippen molar-refractivity contribution in [2.75, 3.05) is 21.3 Å². The summed E-state index contributed by atoms with van der Waals surface area (Å²) in [4.78, 5) is 0. The van der Waals surface area contributed by atoms with Crippen LogP contribution in [0.3, 0.4) is 0 Å². The molecule has 0 saturated carbocycles. The summed E-state index contributed by atoms with van der Waals surface area (Å²) in [5.41, 5.74) is 3.64. The average molecular weight is 354 g/mol. The maximum Gasteiger partial charge on any atom is 0.129 e. The van der Waals surface area contributed by atoms with Gasteiger partial charge < -0.3 is 19.3 Å². The van der Waals surface area contributed by atoms with E-state index in [4.69, 9.17) is 14.2 Å². The van der Waals surface area contributed by atoms with Gasteiger partial charge in [0.2, 0.25) is 0 Å². The van der Waals surface area contributed by atoms with Crippen molar-refractivity contribution in [2.24, 2.45) is 0 Å². The molecule has 0 fully saturated rings. The summed E-state index contributed by atoms with van der Waals surface area (Å²) < 4.78 is 16.3.